The lowest BCUT2D eigenvalue weighted by atomic mass is 10.1. The van der Waals surface area contributed by atoms with Gasteiger partial charge in [-0.1, -0.05) is 88.9 Å². The molecule has 0 saturated carbocycles. The third-order valence-corrected chi connectivity index (χ3v) is 20.2. The van der Waals surface area contributed by atoms with E-state index in [1.165, 1.54) is 101 Å². The van der Waals surface area contributed by atoms with Crippen LogP contribution in [0.2, 0.25) is 15.1 Å². The molecule has 0 aliphatic heterocycles. The third-order valence-electron chi connectivity index (χ3n) is 12.8. The molecule has 39 heteroatoms. The number of aromatic nitrogens is 7. The van der Waals surface area contributed by atoms with Gasteiger partial charge in [-0.25, -0.2) is 88.6 Å². The summed E-state index contributed by atoms with van der Waals surface area (Å²) in [4.78, 5) is 91.8. The molecule has 28 nitrogen and oxygen atoms in total. The average Bonchev–Trinajstić information content (AvgIpc) is 0.845. The van der Waals surface area contributed by atoms with E-state index in [1.807, 2.05) is 12.3 Å². The molecule has 0 fully saturated rings. The molecule has 10 aromatic rings. The maximum Gasteiger partial charge on any atom is 0.356 e. The van der Waals surface area contributed by atoms with Gasteiger partial charge in [0.05, 0.1) is 62.3 Å². The minimum absolute atomic E-state index is 0.0585. The van der Waals surface area contributed by atoms with Crippen LogP contribution in [0.4, 0.5) is 11.4 Å². The standard InChI is InChI=1S/C14H12ClNO3S.C13H10Cl2N2O2S.C13H13ClN4O2S.C8H9NO4S.C8H9NO2S.C7H6BrNO2.C6H4BrNO2/c1-20(18,19)11-6-7-13(16-9-11)14(17)8-10-4-2-3-5-12(10)15;1-20(18,19)9-6-7-12(16-8-9)13(15)17-11-5-3-2-4-10(11)14;1-21(19,20)9-6-7-12(16-8-9)13(18-15)17-11-5-3-2-4-10(11)14;1-13-8(10)7-4-3-6(5-9-7)14(2,11)12;1-11-8(10)7-4-3-6(12-2)5-9-7;1-11-7(10)6-3-2-5(8)4-9-6;7-4-1-2-5(6(9)10)8-3-4/h2-7,9H,8H2,1H3;2-8H,1H3;2-8H,15H2,1H3,(H,17,18);3-5H,1-2H3;3-5H,1-2H3;2-4H,1H3;1-3H,(H,9,10). The second kappa shape index (κ2) is 44.2. The van der Waals surface area contributed by atoms with E-state index in [1.54, 1.807) is 121 Å². The molecule has 7 heterocycles. The molecule has 7 aromatic heterocycles. The summed E-state index contributed by atoms with van der Waals surface area (Å²) in [5.41, 5.74) is 6.00. The fraction of sp³-hybridized carbons (Fsp3) is 0.130. The number of ether oxygens (including phenoxy) is 3. The molecule has 0 aliphatic rings. The van der Waals surface area contributed by atoms with Gasteiger partial charge in [0.15, 0.2) is 56.1 Å². The summed E-state index contributed by atoms with van der Waals surface area (Å²) in [5.74, 6) is 3.10. The molecule has 0 saturated heterocycles. The van der Waals surface area contributed by atoms with Crippen molar-refractivity contribution in [2.45, 2.75) is 30.9 Å². The number of hydrogen-bond acceptors (Lipinski definition) is 27. The number of nitrogens with zero attached hydrogens (tertiary/aromatic N) is 9. The molecule has 3 aromatic carbocycles. The van der Waals surface area contributed by atoms with Gasteiger partial charge in [-0.2, -0.15) is 0 Å². The number of para-hydroxylation sites is 2. The number of aromatic carboxylic acids is 1. The van der Waals surface area contributed by atoms with Gasteiger partial charge in [0.2, 0.25) is 0 Å². The zero-order chi connectivity index (χ0) is 80.5. The van der Waals surface area contributed by atoms with Crippen molar-refractivity contribution in [2.75, 3.05) is 52.6 Å². The second-order valence-corrected chi connectivity index (χ2v) is 33.1. The van der Waals surface area contributed by atoms with Crippen molar-refractivity contribution in [1.29, 1.82) is 0 Å². The molecule has 0 aliphatic carbocycles. The van der Waals surface area contributed by atoms with E-state index in [0.29, 0.717) is 54.8 Å². The first-order chi connectivity index (χ1) is 50.8. The number of carbonyl (C=O) groups excluding carboxylic acids is 4. The van der Waals surface area contributed by atoms with Crippen LogP contribution in [0.5, 0.6) is 0 Å². The fourth-order valence-electron chi connectivity index (χ4n) is 7.32. The van der Waals surface area contributed by atoms with Crippen molar-refractivity contribution in [1.82, 2.24) is 40.3 Å². The molecule has 4 N–H and O–H groups in total. The molecule has 0 spiro atoms. The zero-order valence-corrected chi connectivity index (χ0v) is 67.9. The van der Waals surface area contributed by atoms with Crippen molar-refractivity contribution in [2.24, 2.45) is 15.8 Å². The van der Waals surface area contributed by atoms with E-state index in [9.17, 15) is 57.6 Å². The Labute approximate surface area is 663 Å². The van der Waals surface area contributed by atoms with Crippen LogP contribution in [0.15, 0.2) is 245 Å². The molecule has 0 radical (unpaired) electrons. The van der Waals surface area contributed by atoms with Gasteiger partial charge in [-0.05, 0) is 159 Å². The van der Waals surface area contributed by atoms with Gasteiger partial charge in [-0.3, -0.25) is 19.7 Å². The number of carbonyl (C=O) groups is 5. The lowest BCUT2D eigenvalue weighted by Gasteiger charge is -2.06. The number of carboxylic acids is 1. The Morgan fingerprint density at radius 2 is 0.778 bits per heavy atom. The molecule has 0 atom stereocenters. The highest BCUT2D eigenvalue weighted by Gasteiger charge is 2.17. The number of nitrogens with two attached hydrogens (primary N) is 1. The van der Waals surface area contributed by atoms with Crippen LogP contribution in [0.1, 0.15) is 69.4 Å². The number of thioether (sulfide) groups is 1. The highest BCUT2D eigenvalue weighted by Crippen LogP contribution is 2.27. The molecular formula is C69H63Br2Cl4N11O17S5. The first-order valence-electron chi connectivity index (χ1n) is 29.8. The number of esters is 3. The van der Waals surface area contributed by atoms with E-state index in [4.69, 9.17) is 57.4 Å². The molecule has 10 rings (SSSR count). The molecule has 568 valence electrons. The summed E-state index contributed by atoms with van der Waals surface area (Å²) in [6, 6.07) is 42.3. The number of pyridine rings is 7. The Morgan fingerprint density at radius 3 is 1.10 bits per heavy atom. The summed E-state index contributed by atoms with van der Waals surface area (Å²) < 4.78 is 105. The largest absolute Gasteiger partial charge is 0.477 e. The number of benzene rings is 3. The SMILES string of the molecule is COC(=O)c1ccc(Br)cn1.COC(=O)c1ccc(S(C)(=O)=O)cn1.COC(=O)c1ccc(SC)cn1.CS(=O)(=O)c1ccc(C(=Nc2ccccc2Cl)NN)nc1.CS(=O)(=O)c1ccc(C(=O)Cc2ccccc2Cl)nc1.CS(=O)(=O)c1ccc(C(Cl)=Nc2ccccc2Cl)nc1.O=C(O)c1ccc(Br)cn1. The second-order valence-electron chi connectivity index (χ2n) is 20.8. The molecule has 0 unspecified atom stereocenters. The van der Waals surface area contributed by atoms with E-state index < -0.39 is 63.2 Å². The van der Waals surface area contributed by atoms with Gasteiger partial charge in [0.1, 0.15) is 39.9 Å². The van der Waals surface area contributed by atoms with Gasteiger partial charge < -0.3 is 24.7 Å². The minimum atomic E-state index is -3.31. The minimum Gasteiger partial charge on any atom is -0.477 e. The summed E-state index contributed by atoms with van der Waals surface area (Å²) in [6.45, 7) is 0. The number of halogens is 6. The average molecular weight is 1780 g/mol. The highest BCUT2D eigenvalue weighted by molar-refractivity contribution is 9.10. The Bertz CT molecular complexity index is 5270. The molecular weight excluding hydrogens is 1720 g/mol. The van der Waals surface area contributed by atoms with E-state index >= 15 is 0 Å². The predicted molar refractivity (Wildman–Crippen MR) is 418 cm³/mol. The number of sulfone groups is 4. The molecule has 0 amide bonds. The number of hydrogen-bond donors (Lipinski definition) is 3. The van der Waals surface area contributed by atoms with Crippen LogP contribution in [0.3, 0.4) is 0 Å². The van der Waals surface area contributed by atoms with Gasteiger partial charge in [0, 0.05) is 93.7 Å². The lowest BCUT2D eigenvalue weighted by molar-refractivity contribution is 0.0585. The maximum absolute atomic E-state index is 12.1. The zero-order valence-electron chi connectivity index (χ0n) is 57.7. The van der Waals surface area contributed by atoms with Crippen LogP contribution < -0.4 is 11.3 Å². The lowest BCUT2D eigenvalue weighted by Crippen LogP contribution is -2.31. The van der Waals surface area contributed by atoms with Crippen LogP contribution in [-0.2, 0) is 60.0 Å². The summed E-state index contributed by atoms with van der Waals surface area (Å²) in [5, 5.41) is 10.00. The number of ketones is 1. The van der Waals surface area contributed by atoms with Gasteiger partial charge in [-0.15, -0.1) is 11.8 Å². The quantitative estimate of drug-likeness (QED) is 0.0118. The van der Waals surface area contributed by atoms with Gasteiger partial charge in [0.25, 0.3) is 0 Å². The Hall–Kier alpha value is -9.37. The van der Waals surface area contributed by atoms with E-state index in [-0.39, 0.29) is 59.9 Å². The van der Waals surface area contributed by atoms with Crippen molar-refractivity contribution in [3.05, 3.63) is 271 Å². The third kappa shape index (κ3) is 31.4. The van der Waals surface area contributed by atoms with Crippen LogP contribution in [0, 0.1) is 0 Å². The number of hydrazine groups is 1. The number of methoxy groups -OCH3 is 3. The fourth-order valence-corrected chi connectivity index (χ4v) is 11.1. The molecule has 108 heavy (non-hydrogen) atoms. The number of amidine groups is 1. The number of Topliss-reactive ketones (excluding diaryl/α,β-unsaturated/α-hetero) is 1. The van der Waals surface area contributed by atoms with Crippen LogP contribution in [0.25, 0.3) is 0 Å². The predicted octanol–water partition coefficient (Wildman–Crippen LogP) is 12.7. The summed E-state index contributed by atoms with van der Waals surface area (Å²) >= 11 is 32.0. The highest BCUT2D eigenvalue weighted by atomic mass is 79.9. The van der Waals surface area contributed by atoms with Crippen molar-refractivity contribution >= 4 is 181 Å². The number of aliphatic imine (C=N–C) groups is 2. The topological polar surface area (TPSA) is 423 Å². The maximum atomic E-state index is 12.1. The summed E-state index contributed by atoms with van der Waals surface area (Å²) in [6.07, 6.45) is 15.9. The van der Waals surface area contributed by atoms with Crippen molar-refractivity contribution in [3.8, 4) is 0 Å². The number of rotatable bonds is 16. The first kappa shape index (κ1) is 91.0. The van der Waals surface area contributed by atoms with Crippen LogP contribution >= 0.6 is 90.0 Å². The monoisotopic (exact) mass is 1780 g/mol. The summed E-state index contributed by atoms with van der Waals surface area (Å²) in [7, 11) is -9.25. The van der Waals surface area contributed by atoms with Gasteiger partial charge >= 0.3 is 23.9 Å². The van der Waals surface area contributed by atoms with Crippen molar-refractivity contribution < 1.29 is 77.0 Å². The Balaban J connectivity index is 0.000000271. The van der Waals surface area contributed by atoms with Crippen LogP contribution in [-0.4, -0.2) is 167 Å². The van der Waals surface area contributed by atoms with Crippen molar-refractivity contribution in [3.63, 3.8) is 0 Å². The Morgan fingerprint density at radius 1 is 0.444 bits per heavy atom. The smallest absolute Gasteiger partial charge is 0.356 e. The normalized spacial score (nSPS) is 11.1. The van der Waals surface area contributed by atoms with E-state index in [2.05, 4.69) is 96.4 Å². The number of nitrogens with one attached hydrogen (secondary N) is 1. The first-order valence-corrected chi connectivity index (χ1v) is 41.6. The number of carboxylic acid groups (broad SMARTS) is 1. The van der Waals surface area contributed by atoms with E-state index in [0.717, 1.165) is 45.1 Å². The Kier molecular flexibility index (Phi) is 37.2. The molecule has 0 bridgehead atoms.